The Morgan fingerprint density at radius 2 is 1.41 bits per heavy atom. The van der Waals surface area contributed by atoms with Crippen LogP contribution in [-0.4, -0.2) is 25.7 Å². The number of carbonyl (C=O) groups is 1. The Morgan fingerprint density at radius 3 is 2.07 bits per heavy atom. The lowest BCUT2D eigenvalue weighted by Crippen LogP contribution is -2.17. The molecule has 0 spiro atoms. The molecule has 0 saturated heterocycles. The van der Waals surface area contributed by atoms with E-state index in [0.717, 1.165) is 12.0 Å². The molecule has 0 fully saturated rings. The van der Waals surface area contributed by atoms with Gasteiger partial charge in [0.2, 0.25) is 11.7 Å². The number of hydrogen-bond donors (Lipinski definition) is 0. The van der Waals surface area contributed by atoms with Crippen LogP contribution in [0.25, 0.3) is 11.5 Å². The molecule has 0 atom stereocenters. The van der Waals surface area contributed by atoms with Crippen LogP contribution in [0.2, 0.25) is 0 Å². The van der Waals surface area contributed by atoms with Gasteiger partial charge >= 0.3 is 0 Å². The van der Waals surface area contributed by atoms with Gasteiger partial charge in [0.15, 0.2) is 0 Å². The van der Waals surface area contributed by atoms with E-state index in [-0.39, 0.29) is 5.91 Å². The number of aromatic nitrogens is 4. The van der Waals surface area contributed by atoms with E-state index >= 15 is 0 Å². The first-order valence-electron chi connectivity index (χ1n) is 9.78. The molecule has 4 aromatic rings. The number of hydrogen-bond acceptors (Lipinski definition) is 4. The molecule has 2 heterocycles. The third-order valence-corrected chi connectivity index (χ3v) is 4.75. The van der Waals surface area contributed by atoms with Gasteiger partial charge in [-0.05, 0) is 36.1 Å². The average Bonchev–Trinajstić information content (AvgIpc) is 3.22. The van der Waals surface area contributed by atoms with Gasteiger partial charge in [0.1, 0.15) is 11.5 Å². The molecule has 0 aliphatic heterocycles. The van der Waals surface area contributed by atoms with Crippen molar-refractivity contribution in [2.45, 2.75) is 25.7 Å². The molecule has 0 aliphatic carbocycles. The molecule has 5 nitrogen and oxygen atoms in total. The standard InChI is InChI=1S/C24H22N4O/c29-23(17-15-20-11-5-2-6-12-20)28-22(16-14-19-9-3-1-4-10-19)26-24(27-28)21-13-7-8-18-25-21/h1-13,18H,14-17H2. The van der Waals surface area contributed by atoms with Crippen LogP contribution in [0.4, 0.5) is 0 Å². The van der Waals surface area contributed by atoms with Gasteiger partial charge in [0, 0.05) is 19.0 Å². The molecule has 0 amide bonds. The van der Waals surface area contributed by atoms with Gasteiger partial charge in [-0.3, -0.25) is 9.78 Å². The number of carbonyl (C=O) groups excluding carboxylic acids is 1. The third-order valence-electron chi connectivity index (χ3n) is 4.75. The number of nitrogens with zero attached hydrogens (tertiary/aromatic N) is 4. The van der Waals surface area contributed by atoms with Crippen molar-refractivity contribution in [1.82, 2.24) is 19.7 Å². The van der Waals surface area contributed by atoms with E-state index in [9.17, 15) is 4.79 Å². The van der Waals surface area contributed by atoms with Crippen LogP contribution in [0.15, 0.2) is 85.1 Å². The van der Waals surface area contributed by atoms with Crippen LogP contribution >= 0.6 is 0 Å². The molecular weight excluding hydrogens is 360 g/mol. The highest BCUT2D eigenvalue weighted by atomic mass is 16.2. The van der Waals surface area contributed by atoms with Gasteiger partial charge in [-0.2, -0.15) is 4.68 Å². The topological polar surface area (TPSA) is 60.7 Å². The van der Waals surface area contributed by atoms with Gasteiger partial charge in [0.25, 0.3) is 0 Å². The lowest BCUT2D eigenvalue weighted by molar-refractivity contribution is 0.0883. The molecule has 5 heteroatoms. The van der Waals surface area contributed by atoms with E-state index in [1.165, 1.54) is 10.2 Å². The quantitative estimate of drug-likeness (QED) is 0.475. The van der Waals surface area contributed by atoms with Crippen molar-refractivity contribution in [2.75, 3.05) is 0 Å². The number of aryl methyl sites for hydroxylation is 3. The summed E-state index contributed by atoms with van der Waals surface area (Å²) in [7, 11) is 0. The molecular formula is C24H22N4O. The Bertz CT molecular complexity index is 1060. The Balaban J connectivity index is 1.56. The minimum atomic E-state index is -0.0494. The Hall–Kier alpha value is -3.60. The maximum Gasteiger partial charge on any atom is 0.248 e. The average molecular weight is 382 g/mol. The lowest BCUT2D eigenvalue weighted by Gasteiger charge is -2.05. The molecule has 0 unspecified atom stereocenters. The Kier molecular flexibility index (Phi) is 5.86. The number of rotatable bonds is 7. The van der Waals surface area contributed by atoms with Crippen molar-refractivity contribution in [2.24, 2.45) is 0 Å². The maximum absolute atomic E-state index is 12.9. The van der Waals surface area contributed by atoms with E-state index in [0.29, 0.717) is 36.6 Å². The van der Waals surface area contributed by atoms with Crippen LogP contribution in [0.1, 0.15) is 28.2 Å². The first-order chi connectivity index (χ1) is 14.3. The highest BCUT2D eigenvalue weighted by Crippen LogP contribution is 2.15. The Morgan fingerprint density at radius 1 is 0.759 bits per heavy atom. The number of pyridine rings is 1. The van der Waals surface area contributed by atoms with E-state index in [4.69, 9.17) is 0 Å². The highest BCUT2D eigenvalue weighted by Gasteiger charge is 2.17. The smallest absolute Gasteiger partial charge is 0.248 e. The van der Waals surface area contributed by atoms with Gasteiger partial charge in [-0.1, -0.05) is 66.7 Å². The van der Waals surface area contributed by atoms with Crippen LogP contribution < -0.4 is 0 Å². The normalized spacial score (nSPS) is 10.8. The summed E-state index contributed by atoms with van der Waals surface area (Å²) < 4.78 is 1.47. The van der Waals surface area contributed by atoms with E-state index in [2.05, 4.69) is 27.2 Å². The molecule has 4 rings (SSSR count). The summed E-state index contributed by atoms with van der Waals surface area (Å²) in [5.41, 5.74) is 3.01. The van der Waals surface area contributed by atoms with Gasteiger partial charge in [0.05, 0.1) is 0 Å². The van der Waals surface area contributed by atoms with Crippen molar-refractivity contribution in [3.05, 3.63) is 102 Å². The maximum atomic E-state index is 12.9. The second-order valence-electron chi connectivity index (χ2n) is 6.84. The third kappa shape index (κ3) is 4.82. The Labute approximate surface area is 170 Å². The molecule has 2 aromatic heterocycles. The van der Waals surface area contributed by atoms with Crippen LogP contribution in [0.5, 0.6) is 0 Å². The van der Waals surface area contributed by atoms with E-state index in [1.807, 2.05) is 66.7 Å². The fraction of sp³-hybridized carbons (Fsp3) is 0.167. The summed E-state index contributed by atoms with van der Waals surface area (Å²) in [6.07, 6.45) is 4.20. The molecule has 0 N–H and O–H groups in total. The molecule has 0 aliphatic rings. The van der Waals surface area contributed by atoms with Crippen molar-refractivity contribution < 1.29 is 4.79 Å². The minimum absolute atomic E-state index is 0.0494. The molecule has 29 heavy (non-hydrogen) atoms. The molecule has 0 saturated carbocycles. The lowest BCUT2D eigenvalue weighted by atomic mass is 10.1. The van der Waals surface area contributed by atoms with Crippen molar-refractivity contribution in [3.63, 3.8) is 0 Å². The van der Waals surface area contributed by atoms with E-state index < -0.39 is 0 Å². The van der Waals surface area contributed by atoms with Gasteiger partial charge in [-0.15, -0.1) is 5.10 Å². The molecule has 2 aromatic carbocycles. The monoisotopic (exact) mass is 382 g/mol. The predicted molar refractivity (Wildman–Crippen MR) is 112 cm³/mol. The summed E-state index contributed by atoms with van der Waals surface area (Å²) >= 11 is 0. The summed E-state index contributed by atoms with van der Waals surface area (Å²) in [6, 6.07) is 25.8. The van der Waals surface area contributed by atoms with Crippen molar-refractivity contribution >= 4 is 5.91 Å². The molecule has 0 bridgehead atoms. The highest BCUT2D eigenvalue weighted by molar-refractivity contribution is 5.79. The second-order valence-corrected chi connectivity index (χ2v) is 6.84. The first-order valence-corrected chi connectivity index (χ1v) is 9.78. The van der Waals surface area contributed by atoms with Gasteiger partial charge in [-0.25, -0.2) is 4.98 Å². The van der Waals surface area contributed by atoms with Crippen LogP contribution in [0, 0.1) is 0 Å². The van der Waals surface area contributed by atoms with Crippen molar-refractivity contribution in [1.29, 1.82) is 0 Å². The van der Waals surface area contributed by atoms with Crippen LogP contribution in [-0.2, 0) is 19.3 Å². The van der Waals surface area contributed by atoms with Crippen molar-refractivity contribution in [3.8, 4) is 11.5 Å². The summed E-state index contributed by atoms with van der Waals surface area (Å²) in [4.78, 5) is 21.9. The number of benzene rings is 2. The zero-order valence-corrected chi connectivity index (χ0v) is 16.1. The van der Waals surface area contributed by atoms with E-state index in [1.54, 1.807) is 6.20 Å². The minimum Gasteiger partial charge on any atom is -0.272 e. The summed E-state index contributed by atoms with van der Waals surface area (Å²) in [5.74, 6) is 1.11. The fourth-order valence-corrected chi connectivity index (χ4v) is 3.21. The zero-order chi connectivity index (χ0) is 19.9. The zero-order valence-electron chi connectivity index (χ0n) is 16.1. The summed E-state index contributed by atoms with van der Waals surface area (Å²) in [6.45, 7) is 0. The predicted octanol–water partition coefficient (Wildman–Crippen LogP) is 4.40. The molecule has 144 valence electrons. The van der Waals surface area contributed by atoms with Gasteiger partial charge < -0.3 is 0 Å². The fourth-order valence-electron chi connectivity index (χ4n) is 3.21. The second kappa shape index (κ2) is 9.06. The summed E-state index contributed by atoms with van der Waals surface area (Å²) in [5, 5.41) is 4.50. The SMILES string of the molecule is O=C(CCc1ccccc1)n1nc(-c2ccccn2)nc1CCc1ccccc1. The molecule has 0 radical (unpaired) electrons. The first kappa shape index (κ1) is 18.7. The largest absolute Gasteiger partial charge is 0.272 e. The van der Waals surface area contributed by atoms with Crippen LogP contribution in [0.3, 0.4) is 0 Å².